The van der Waals surface area contributed by atoms with Crippen molar-refractivity contribution in [2.24, 2.45) is 0 Å². The molecule has 2 amide bonds. The number of hydrogen-bond acceptors (Lipinski definition) is 4. The van der Waals surface area contributed by atoms with Crippen molar-refractivity contribution >= 4 is 17.5 Å². The number of anilines is 1. The van der Waals surface area contributed by atoms with Gasteiger partial charge in [0.25, 0.3) is 5.91 Å². The predicted molar refractivity (Wildman–Crippen MR) is 97.1 cm³/mol. The number of amides is 2. The molecule has 28 heavy (non-hydrogen) atoms. The quantitative estimate of drug-likeness (QED) is 0.811. The minimum absolute atomic E-state index is 0.0476. The van der Waals surface area contributed by atoms with Crippen LogP contribution in [0.3, 0.4) is 0 Å². The number of benzene rings is 2. The van der Waals surface area contributed by atoms with Crippen molar-refractivity contribution in [3.05, 3.63) is 59.7 Å². The van der Waals surface area contributed by atoms with Crippen molar-refractivity contribution in [1.82, 2.24) is 4.90 Å². The van der Waals surface area contributed by atoms with Gasteiger partial charge in [-0.15, -0.1) is 0 Å². The van der Waals surface area contributed by atoms with E-state index in [1.165, 1.54) is 34.1 Å². The minimum atomic E-state index is -2.94. The van der Waals surface area contributed by atoms with Crippen molar-refractivity contribution in [3.63, 3.8) is 0 Å². The van der Waals surface area contributed by atoms with Crippen molar-refractivity contribution in [2.75, 3.05) is 18.0 Å². The second kappa shape index (κ2) is 8.05. The smallest absolute Gasteiger partial charge is 0.387 e. The van der Waals surface area contributed by atoms with Crippen molar-refractivity contribution in [3.8, 4) is 11.8 Å². The fourth-order valence-electron chi connectivity index (χ4n) is 3.10. The first-order chi connectivity index (χ1) is 13.4. The number of rotatable bonds is 4. The molecule has 1 saturated heterocycles. The summed E-state index contributed by atoms with van der Waals surface area (Å²) in [6.07, 6.45) is 0. The van der Waals surface area contributed by atoms with Gasteiger partial charge in [0.15, 0.2) is 0 Å². The third-order valence-electron chi connectivity index (χ3n) is 4.49. The van der Waals surface area contributed by atoms with Gasteiger partial charge in [-0.1, -0.05) is 12.1 Å². The zero-order valence-electron chi connectivity index (χ0n) is 15.0. The second-order valence-corrected chi connectivity index (χ2v) is 6.32. The summed E-state index contributed by atoms with van der Waals surface area (Å²) in [5.74, 6) is -0.724. The summed E-state index contributed by atoms with van der Waals surface area (Å²) >= 11 is 0. The van der Waals surface area contributed by atoms with Crippen LogP contribution in [0.1, 0.15) is 22.8 Å². The third-order valence-corrected chi connectivity index (χ3v) is 4.49. The minimum Gasteiger partial charge on any atom is -0.435 e. The van der Waals surface area contributed by atoms with Gasteiger partial charge in [0.2, 0.25) is 5.91 Å². The van der Waals surface area contributed by atoms with Crippen LogP contribution in [-0.4, -0.2) is 42.5 Å². The Kier molecular flexibility index (Phi) is 5.54. The van der Waals surface area contributed by atoms with Gasteiger partial charge >= 0.3 is 6.61 Å². The average Bonchev–Trinajstić information content (AvgIpc) is 2.69. The van der Waals surface area contributed by atoms with Gasteiger partial charge in [-0.3, -0.25) is 9.59 Å². The molecule has 0 spiro atoms. The first-order valence-electron chi connectivity index (χ1n) is 8.56. The molecule has 0 bridgehead atoms. The first kappa shape index (κ1) is 19.3. The van der Waals surface area contributed by atoms with Crippen LogP contribution in [-0.2, 0) is 4.79 Å². The topological polar surface area (TPSA) is 73.6 Å². The summed E-state index contributed by atoms with van der Waals surface area (Å²) in [6.45, 7) is -1.03. The molecule has 0 saturated carbocycles. The number of nitrogens with zero attached hydrogens (tertiary/aromatic N) is 3. The number of para-hydroxylation sites is 1. The molecule has 0 unspecified atom stereocenters. The Morgan fingerprint density at radius 3 is 2.54 bits per heavy atom. The second-order valence-electron chi connectivity index (χ2n) is 6.32. The van der Waals surface area contributed by atoms with Crippen molar-refractivity contribution in [2.45, 2.75) is 19.6 Å². The summed E-state index contributed by atoms with van der Waals surface area (Å²) in [4.78, 5) is 28.4. The molecule has 3 rings (SSSR count). The van der Waals surface area contributed by atoms with E-state index in [2.05, 4.69) is 10.8 Å². The lowest BCUT2D eigenvalue weighted by molar-refractivity contribution is -0.121. The van der Waals surface area contributed by atoms with Crippen LogP contribution >= 0.6 is 0 Å². The van der Waals surface area contributed by atoms with E-state index in [-0.39, 0.29) is 42.3 Å². The van der Waals surface area contributed by atoms with Gasteiger partial charge < -0.3 is 14.5 Å². The van der Waals surface area contributed by atoms with E-state index in [0.717, 1.165) is 0 Å². The maximum absolute atomic E-state index is 12.8. The lowest BCUT2D eigenvalue weighted by atomic mass is 10.1. The molecule has 0 N–H and O–H groups in total. The van der Waals surface area contributed by atoms with E-state index >= 15 is 0 Å². The first-order valence-corrected chi connectivity index (χ1v) is 8.56. The Bertz CT molecular complexity index is 925. The fraction of sp³-hybridized carbons (Fsp3) is 0.250. The molecule has 6 nitrogen and oxygen atoms in total. The largest absolute Gasteiger partial charge is 0.435 e. The Morgan fingerprint density at radius 2 is 1.89 bits per heavy atom. The molecule has 2 aromatic rings. The molecule has 0 aromatic heterocycles. The maximum atomic E-state index is 12.8. The number of alkyl halides is 2. The number of carbonyl (C=O) groups excluding carboxylic acids is 2. The highest BCUT2D eigenvalue weighted by atomic mass is 19.3. The molecule has 1 aliphatic rings. The van der Waals surface area contributed by atoms with Crippen LogP contribution in [0.4, 0.5) is 14.5 Å². The zero-order valence-corrected chi connectivity index (χ0v) is 15.0. The highest BCUT2D eigenvalue weighted by molar-refractivity contribution is 6.02. The van der Waals surface area contributed by atoms with Gasteiger partial charge in [-0.25, -0.2) is 0 Å². The van der Waals surface area contributed by atoms with E-state index in [1.54, 1.807) is 31.2 Å². The van der Waals surface area contributed by atoms with Gasteiger partial charge in [0.05, 0.1) is 11.3 Å². The van der Waals surface area contributed by atoms with E-state index in [1.807, 2.05) is 0 Å². The van der Waals surface area contributed by atoms with Gasteiger partial charge in [-0.05, 0) is 43.3 Å². The number of ether oxygens (including phenoxy) is 1. The molecular weight excluding hydrogens is 368 g/mol. The Hall–Kier alpha value is -3.47. The molecule has 1 fully saturated rings. The number of piperazine rings is 1. The highest BCUT2D eigenvalue weighted by Crippen LogP contribution is 2.25. The maximum Gasteiger partial charge on any atom is 0.387 e. The van der Waals surface area contributed by atoms with Crippen LogP contribution < -0.4 is 9.64 Å². The molecule has 0 radical (unpaired) electrons. The summed E-state index contributed by atoms with van der Waals surface area (Å²) in [7, 11) is 0. The normalized spacial score (nSPS) is 16.8. The Morgan fingerprint density at radius 1 is 1.21 bits per heavy atom. The van der Waals surface area contributed by atoms with Crippen LogP contribution in [0.15, 0.2) is 48.5 Å². The monoisotopic (exact) mass is 385 g/mol. The number of halogens is 2. The van der Waals surface area contributed by atoms with Crippen molar-refractivity contribution < 1.29 is 23.1 Å². The summed E-state index contributed by atoms with van der Waals surface area (Å²) in [6, 6.07) is 13.9. The SMILES string of the molecule is C[C@H]1CN(c2ccccc2C#N)C(=O)CN1C(=O)c1ccc(OC(F)F)cc1. The standard InChI is InChI=1S/C20H17F2N3O3/c1-13-11-25(17-5-3-2-4-15(17)10-23)18(26)12-24(13)19(27)14-6-8-16(9-7-14)28-20(21)22/h2-9,13,20H,11-12H2,1H3/t13-/m0/s1. The lowest BCUT2D eigenvalue weighted by Gasteiger charge is -2.39. The summed E-state index contributed by atoms with van der Waals surface area (Å²) in [5.41, 5.74) is 1.17. The molecule has 1 heterocycles. The Balaban J connectivity index is 1.76. The highest BCUT2D eigenvalue weighted by Gasteiger charge is 2.34. The van der Waals surface area contributed by atoms with E-state index < -0.39 is 6.61 Å². The van der Waals surface area contributed by atoms with Crippen LogP contribution in [0.5, 0.6) is 5.75 Å². The molecule has 1 atom stereocenters. The molecule has 2 aromatic carbocycles. The third kappa shape index (κ3) is 3.93. The number of hydrogen-bond donors (Lipinski definition) is 0. The summed E-state index contributed by atoms with van der Waals surface area (Å²) < 4.78 is 28.7. The van der Waals surface area contributed by atoms with E-state index in [4.69, 9.17) is 0 Å². The van der Waals surface area contributed by atoms with Crippen LogP contribution in [0, 0.1) is 11.3 Å². The van der Waals surface area contributed by atoms with Gasteiger partial charge in [0.1, 0.15) is 18.4 Å². The van der Waals surface area contributed by atoms with Gasteiger partial charge in [0, 0.05) is 18.2 Å². The number of carbonyl (C=O) groups is 2. The lowest BCUT2D eigenvalue weighted by Crippen LogP contribution is -2.57. The fourth-order valence-corrected chi connectivity index (χ4v) is 3.10. The van der Waals surface area contributed by atoms with Crippen LogP contribution in [0.25, 0.3) is 0 Å². The van der Waals surface area contributed by atoms with Crippen LogP contribution in [0.2, 0.25) is 0 Å². The molecule has 1 aliphatic heterocycles. The predicted octanol–water partition coefficient (Wildman–Crippen LogP) is 3.04. The zero-order chi connectivity index (χ0) is 20.3. The van der Waals surface area contributed by atoms with Crippen molar-refractivity contribution in [1.29, 1.82) is 5.26 Å². The molecule has 144 valence electrons. The number of nitriles is 1. The summed E-state index contributed by atoms with van der Waals surface area (Å²) in [5, 5.41) is 9.26. The average molecular weight is 385 g/mol. The Labute approximate surface area is 160 Å². The van der Waals surface area contributed by atoms with E-state index in [9.17, 15) is 23.6 Å². The molecule has 8 heteroatoms. The van der Waals surface area contributed by atoms with Gasteiger partial charge in [-0.2, -0.15) is 14.0 Å². The molecule has 0 aliphatic carbocycles. The van der Waals surface area contributed by atoms with E-state index in [0.29, 0.717) is 11.3 Å². The molecular formula is C20H17F2N3O3.